The molecule has 1 amide bonds. The Bertz CT molecular complexity index is 1190. The van der Waals surface area contributed by atoms with Crippen LogP contribution < -0.4 is 5.32 Å². The quantitative estimate of drug-likeness (QED) is 0.305. The van der Waals surface area contributed by atoms with Crippen molar-refractivity contribution in [2.24, 2.45) is 0 Å². The average molecular weight is 509 g/mol. The van der Waals surface area contributed by atoms with Gasteiger partial charge in [0.15, 0.2) is 5.11 Å². The predicted octanol–water partition coefficient (Wildman–Crippen LogP) is 4.95. The van der Waals surface area contributed by atoms with Crippen molar-refractivity contribution in [2.45, 2.75) is 6.54 Å². The van der Waals surface area contributed by atoms with Crippen LogP contribution in [0.3, 0.4) is 0 Å². The summed E-state index contributed by atoms with van der Waals surface area (Å²) in [5, 5.41) is 16.6. The molecule has 0 bridgehead atoms. The van der Waals surface area contributed by atoms with Crippen LogP contribution in [0.5, 0.6) is 0 Å². The first-order valence-corrected chi connectivity index (χ1v) is 11.7. The van der Waals surface area contributed by atoms with Crippen LogP contribution in [-0.4, -0.2) is 51.9 Å². The maximum absolute atomic E-state index is 13.1. The zero-order valence-corrected chi connectivity index (χ0v) is 19.9. The SMILES string of the molecule is O=C(c1sc2cc([N+](=O)[O-])ccc2c1Cl)N1CCN(C(=S)NCc2ccc(Cl)cc2)CC1. The fraction of sp³-hybridized carbons (Fsp3) is 0.238. The van der Waals surface area contributed by atoms with E-state index in [0.717, 1.165) is 5.56 Å². The van der Waals surface area contributed by atoms with Gasteiger partial charge in [-0.3, -0.25) is 14.9 Å². The second-order valence-corrected chi connectivity index (χ2v) is 9.50. The van der Waals surface area contributed by atoms with E-state index >= 15 is 0 Å². The fourth-order valence-electron chi connectivity index (χ4n) is 3.45. The number of nitrogens with zero attached hydrogens (tertiary/aromatic N) is 3. The van der Waals surface area contributed by atoms with Gasteiger partial charge in [-0.1, -0.05) is 35.3 Å². The molecule has 0 radical (unpaired) electrons. The highest BCUT2D eigenvalue weighted by molar-refractivity contribution is 7.80. The van der Waals surface area contributed by atoms with Gasteiger partial charge in [0.25, 0.3) is 11.6 Å². The molecule has 0 atom stereocenters. The van der Waals surface area contributed by atoms with Gasteiger partial charge in [-0.05, 0) is 36.0 Å². The van der Waals surface area contributed by atoms with E-state index in [9.17, 15) is 14.9 Å². The van der Waals surface area contributed by atoms with Crippen molar-refractivity contribution in [3.63, 3.8) is 0 Å². The molecule has 1 N–H and O–H groups in total. The molecule has 1 aliphatic rings. The van der Waals surface area contributed by atoms with E-state index in [-0.39, 0.29) is 11.6 Å². The number of nitrogens with one attached hydrogen (secondary N) is 1. The number of nitro benzene ring substituents is 1. The third-order valence-corrected chi connectivity index (χ3v) is 7.53. The number of nitro groups is 1. The first kappa shape index (κ1) is 22.7. The van der Waals surface area contributed by atoms with Gasteiger partial charge in [0.2, 0.25) is 0 Å². The third-order valence-electron chi connectivity index (χ3n) is 5.23. The number of carbonyl (C=O) groups excluding carboxylic acids is 1. The molecule has 1 fully saturated rings. The van der Waals surface area contributed by atoms with Gasteiger partial charge in [-0.2, -0.15) is 0 Å². The van der Waals surface area contributed by atoms with Crippen molar-refractivity contribution in [1.82, 2.24) is 15.1 Å². The minimum absolute atomic E-state index is 0.0253. The van der Waals surface area contributed by atoms with Crippen LogP contribution in [0.1, 0.15) is 15.2 Å². The van der Waals surface area contributed by atoms with Gasteiger partial charge in [0.05, 0.1) is 9.95 Å². The highest BCUT2D eigenvalue weighted by Crippen LogP contribution is 2.38. The molecular weight excluding hydrogens is 491 g/mol. The Morgan fingerprint density at radius 1 is 1.09 bits per heavy atom. The summed E-state index contributed by atoms with van der Waals surface area (Å²) < 4.78 is 0.624. The first-order chi connectivity index (χ1) is 15.3. The van der Waals surface area contributed by atoms with E-state index < -0.39 is 4.92 Å². The molecule has 2 aromatic carbocycles. The summed E-state index contributed by atoms with van der Waals surface area (Å²) in [4.78, 5) is 27.8. The number of thiophene rings is 1. The number of halogens is 2. The largest absolute Gasteiger partial charge is 0.358 e. The summed E-state index contributed by atoms with van der Waals surface area (Å²) in [5.41, 5.74) is 1.05. The summed E-state index contributed by atoms with van der Waals surface area (Å²) >= 11 is 19.0. The number of carbonyl (C=O) groups is 1. The third kappa shape index (κ3) is 4.80. The number of thiocarbonyl (C=S) groups is 1. The van der Waals surface area contributed by atoms with Gasteiger partial charge < -0.3 is 15.1 Å². The lowest BCUT2D eigenvalue weighted by Crippen LogP contribution is -2.52. The highest BCUT2D eigenvalue weighted by Gasteiger charge is 2.27. The van der Waals surface area contributed by atoms with Crippen LogP contribution in [0.2, 0.25) is 10.0 Å². The number of piperazine rings is 1. The maximum atomic E-state index is 13.1. The van der Waals surface area contributed by atoms with Gasteiger partial charge >= 0.3 is 0 Å². The van der Waals surface area contributed by atoms with Gasteiger partial charge in [0.1, 0.15) is 4.88 Å². The minimum atomic E-state index is -0.461. The molecule has 0 aliphatic carbocycles. The molecule has 166 valence electrons. The van der Waals surface area contributed by atoms with E-state index in [1.54, 1.807) is 11.0 Å². The van der Waals surface area contributed by atoms with Gasteiger partial charge in [0, 0.05) is 60.0 Å². The monoisotopic (exact) mass is 508 g/mol. The Morgan fingerprint density at radius 3 is 2.41 bits per heavy atom. The number of benzene rings is 2. The van der Waals surface area contributed by atoms with E-state index in [0.29, 0.717) is 62.8 Å². The van der Waals surface area contributed by atoms with Crippen LogP contribution in [0, 0.1) is 10.1 Å². The smallest absolute Gasteiger partial charge is 0.270 e. The maximum Gasteiger partial charge on any atom is 0.270 e. The highest BCUT2D eigenvalue weighted by atomic mass is 35.5. The molecule has 11 heteroatoms. The Hall–Kier alpha value is -2.46. The molecule has 32 heavy (non-hydrogen) atoms. The van der Waals surface area contributed by atoms with Crippen molar-refractivity contribution < 1.29 is 9.72 Å². The normalized spacial score (nSPS) is 13.9. The molecule has 0 saturated carbocycles. The second kappa shape index (κ2) is 9.58. The van der Waals surface area contributed by atoms with Crippen LogP contribution in [-0.2, 0) is 6.54 Å². The number of amides is 1. The van der Waals surface area contributed by atoms with E-state index in [2.05, 4.69) is 5.32 Å². The minimum Gasteiger partial charge on any atom is -0.358 e. The molecule has 1 aliphatic heterocycles. The molecular formula is C21H18Cl2N4O3S2. The molecule has 1 saturated heterocycles. The summed E-state index contributed by atoms with van der Waals surface area (Å²) in [7, 11) is 0. The lowest BCUT2D eigenvalue weighted by Gasteiger charge is -2.36. The van der Waals surface area contributed by atoms with Crippen molar-refractivity contribution >= 4 is 73.5 Å². The second-order valence-electron chi connectivity index (χ2n) is 7.25. The fourth-order valence-corrected chi connectivity index (χ4v) is 5.35. The Labute approximate surface area is 203 Å². The lowest BCUT2D eigenvalue weighted by atomic mass is 10.2. The Morgan fingerprint density at radius 2 is 1.75 bits per heavy atom. The summed E-state index contributed by atoms with van der Waals surface area (Å²) in [6.07, 6.45) is 0. The van der Waals surface area contributed by atoms with Crippen molar-refractivity contribution in [3.05, 3.63) is 73.1 Å². The van der Waals surface area contributed by atoms with Crippen molar-refractivity contribution in [3.8, 4) is 0 Å². The Balaban J connectivity index is 1.37. The summed E-state index contributed by atoms with van der Waals surface area (Å²) in [5.74, 6) is -0.168. The number of non-ortho nitro benzene ring substituents is 1. The Kier molecular flexibility index (Phi) is 6.80. The molecule has 4 rings (SSSR count). The zero-order chi connectivity index (χ0) is 22.8. The van der Waals surface area contributed by atoms with Crippen LogP contribution in [0.15, 0.2) is 42.5 Å². The molecule has 2 heterocycles. The lowest BCUT2D eigenvalue weighted by molar-refractivity contribution is -0.384. The van der Waals surface area contributed by atoms with Gasteiger partial charge in [-0.25, -0.2) is 0 Å². The molecule has 0 unspecified atom stereocenters. The van der Waals surface area contributed by atoms with Gasteiger partial charge in [-0.15, -0.1) is 11.3 Å². The number of hydrogen-bond acceptors (Lipinski definition) is 5. The summed E-state index contributed by atoms with van der Waals surface area (Å²) in [6, 6.07) is 12.0. The molecule has 0 spiro atoms. The standard InChI is InChI=1S/C21H18Cl2N4O3S2/c22-14-3-1-13(2-4-14)12-24-21(31)26-9-7-25(8-10-26)20(28)19-18(23)16-6-5-15(27(29)30)11-17(16)32-19/h1-6,11H,7-10,12H2,(H,24,31). The van der Waals surface area contributed by atoms with Crippen molar-refractivity contribution in [2.75, 3.05) is 26.2 Å². The van der Waals surface area contributed by atoms with E-state index in [1.807, 2.05) is 29.2 Å². The van der Waals surface area contributed by atoms with Crippen LogP contribution in [0.25, 0.3) is 10.1 Å². The number of fused-ring (bicyclic) bond motifs is 1. The number of hydrogen-bond donors (Lipinski definition) is 1. The molecule has 3 aromatic rings. The summed E-state index contributed by atoms with van der Waals surface area (Å²) in [6.45, 7) is 2.82. The molecule has 7 nitrogen and oxygen atoms in total. The zero-order valence-electron chi connectivity index (χ0n) is 16.7. The first-order valence-electron chi connectivity index (χ1n) is 9.76. The van der Waals surface area contributed by atoms with E-state index in [4.69, 9.17) is 35.4 Å². The molecule has 1 aromatic heterocycles. The van der Waals surface area contributed by atoms with Crippen LogP contribution in [0.4, 0.5) is 5.69 Å². The van der Waals surface area contributed by atoms with Crippen LogP contribution >= 0.6 is 46.8 Å². The topological polar surface area (TPSA) is 78.7 Å². The van der Waals surface area contributed by atoms with E-state index in [1.165, 1.54) is 23.5 Å². The van der Waals surface area contributed by atoms with Crippen molar-refractivity contribution in [1.29, 1.82) is 0 Å². The number of rotatable bonds is 4. The average Bonchev–Trinajstić information content (AvgIpc) is 3.14. The predicted molar refractivity (Wildman–Crippen MR) is 132 cm³/mol.